The summed E-state index contributed by atoms with van der Waals surface area (Å²) in [6.45, 7) is 0. The molecule has 0 aliphatic rings. The lowest BCUT2D eigenvalue weighted by atomic mass is 10.0. The Morgan fingerprint density at radius 2 is 1.61 bits per heavy atom. The number of para-hydroxylation sites is 1. The van der Waals surface area contributed by atoms with E-state index in [1.165, 1.54) is 11.8 Å². The number of amides is 3. The van der Waals surface area contributed by atoms with Gasteiger partial charge in [0.05, 0.1) is 6.04 Å². The van der Waals surface area contributed by atoms with Gasteiger partial charge in [-0.3, -0.25) is 19.2 Å². The van der Waals surface area contributed by atoms with E-state index < -0.39 is 60.2 Å². The summed E-state index contributed by atoms with van der Waals surface area (Å²) in [5, 5.41) is 26.7. The monoisotopic (exact) mass is 567 g/mol. The minimum absolute atomic E-state index is 0.0545. The van der Waals surface area contributed by atoms with Crippen LogP contribution in [0.25, 0.3) is 10.9 Å². The second-order valence-electron chi connectivity index (χ2n) is 8.59. The molecular weight excluding hydrogens is 534 g/mol. The van der Waals surface area contributed by atoms with E-state index in [4.69, 9.17) is 10.8 Å². The minimum atomic E-state index is -1.44. The molecule has 12 nitrogen and oxygen atoms in total. The molecule has 0 aliphatic carbocycles. The Bertz CT molecular complexity index is 1140. The average Bonchev–Trinajstić information content (AvgIpc) is 3.30. The predicted molar refractivity (Wildman–Crippen MR) is 147 cm³/mol. The zero-order valence-electron chi connectivity index (χ0n) is 20.8. The van der Waals surface area contributed by atoms with Crippen molar-refractivity contribution in [3.05, 3.63) is 36.0 Å². The molecule has 0 aliphatic heterocycles. The third-order valence-corrected chi connectivity index (χ3v) is 6.81. The Hall–Kier alpha value is -3.23. The summed E-state index contributed by atoms with van der Waals surface area (Å²) in [6.07, 6.45) is 3.03. The normalized spacial score (nSPS) is 14.2. The van der Waals surface area contributed by atoms with E-state index >= 15 is 0 Å². The molecule has 4 unspecified atom stereocenters. The first-order chi connectivity index (χ1) is 18.1. The molecule has 1 heterocycles. The lowest BCUT2D eigenvalue weighted by Gasteiger charge is -2.25. The van der Waals surface area contributed by atoms with Gasteiger partial charge in [0.1, 0.15) is 18.1 Å². The molecule has 0 radical (unpaired) electrons. The van der Waals surface area contributed by atoms with E-state index in [9.17, 15) is 29.1 Å². The maximum absolute atomic E-state index is 13.4. The van der Waals surface area contributed by atoms with Crippen LogP contribution >= 0.6 is 24.4 Å². The van der Waals surface area contributed by atoms with Gasteiger partial charge in [-0.2, -0.15) is 24.4 Å². The molecule has 0 fully saturated rings. The highest BCUT2D eigenvalue weighted by atomic mass is 32.2. The van der Waals surface area contributed by atoms with Gasteiger partial charge in [0.25, 0.3) is 0 Å². The van der Waals surface area contributed by atoms with Crippen LogP contribution < -0.4 is 21.7 Å². The van der Waals surface area contributed by atoms with Crippen LogP contribution in [0, 0.1) is 0 Å². The van der Waals surface area contributed by atoms with Crippen LogP contribution in [0.3, 0.4) is 0 Å². The molecule has 208 valence electrons. The topological polar surface area (TPSA) is 204 Å². The summed E-state index contributed by atoms with van der Waals surface area (Å²) in [6, 6.07) is 2.82. The van der Waals surface area contributed by atoms with Crippen molar-refractivity contribution in [3.8, 4) is 0 Å². The fourth-order valence-corrected chi connectivity index (χ4v) is 4.30. The van der Waals surface area contributed by atoms with Crippen LogP contribution in [0.15, 0.2) is 30.5 Å². The molecule has 0 spiro atoms. The molecule has 38 heavy (non-hydrogen) atoms. The number of carbonyl (C=O) groups excluding carboxylic acids is 3. The second-order valence-corrected chi connectivity index (χ2v) is 9.94. The molecule has 0 bridgehead atoms. The van der Waals surface area contributed by atoms with Gasteiger partial charge in [-0.15, -0.1) is 0 Å². The molecule has 2 aromatic rings. The summed E-state index contributed by atoms with van der Waals surface area (Å²) < 4.78 is 0. The highest BCUT2D eigenvalue weighted by molar-refractivity contribution is 7.98. The number of aromatic nitrogens is 1. The van der Waals surface area contributed by atoms with E-state index in [0.29, 0.717) is 5.75 Å². The standard InChI is InChI=1S/C24H33N5O7S2/c1-38-9-8-17(22(33)28-18(24(35)36)6-7-20(30)31)27-23(34)19(29-21(32)15(25)12-37)10-13-11-26-16-5-3-2-4-14(13)16/h2-5,11,15,17-19,26,37H,6-10,12,25H2,1H3,(H,27,34)(H,28,33)(H,29,32)(H,30,31)(H,35,36). The van der Waals surface area contributed by atoms with Gasteiger partial charge in [-0.25, -0.2) is 4.79 Å². The fourth-order valence-electron chi connectivity index (χ4n) is 3.67. The van der Waals surface area contributed by atoms with E-state index in [1.807, 2.05) is 30.5 Å². The molecule has 14 heteroatoms. The number of rotatable bonds is 16. The van der Waals surface area contributed by atoms with E-state index in [-0.39, 0.29) is 25.0 Å². The van der Waals surface area contributed by atoms with Crippen molar-refractivity contribution in [2.24, 2.45) is 5.73 Å². The number of thiol groups is 1. The Kier molecular flexibility index (Phi) is 12.4. The third kappa shape index (κ3) is 9.26. The number of hydrogen-bond acceptors (Lipinski definition) is 8. The maximum Gasteiger partial charge on any atom is 0.326 e. The Morgan fingerprint density at radius 3 is 2.24 bits per heavy atom. The Labute approximate surface area is 229 Å². The number of aromatic amines is 1. The number of thioether (sulfide) groups is 1. The maximum atomic E-state index is 13.4. The van der Waals surface area contributed by atoms with Crippen molar-refractivity contribution in [1.82, 2.24) is 20.9 Å². The van der Waals surface area contributed by atoms with Gasteiger partial charge in [0.15, 0.2) is 0 Å². The van der Waals surface area contributed by atoms with Gasteiger partial charge in [-0.1, -0.05) is 18.2 Å². The molecule has 4 atom stereocenters. The first-order valence-corrected chi connectivity index (χ1v) is 13.9. The summed E-state index contributed by atoms with van der Waals surface area (Å²) >= 11 is 5.45. The summed E-state index contributed by atoms with van der Waals surface area (Å²) in [5.74, 6) is -4.09. The van der Waals surface area contributed by atoms with Crippen molar-refractivity contribution < 1.29 is 34.2 Å². The van der Waals surface area contributed by atoms with E-state index in [1.54, 1.807) is 6.20 Å². The van der Waals surface area contributed by atoms with Gasteiger partial charge >= 0.3 is 11.9 Å². The number of hydrogen-bond donors (Lipinski definition) is 8. The third-order valence-electron chi connectivity index (χ3n) is 5.77. The number of carboxylic acids is 2. The number of carbonyl (C=O) groups is 5. The van der Waals surface area contributed by atoms with Crippen molar-refractivity contribution in [1.29, 1.82) is 0 Å². The van der Waals surface area contributed by atoms with Gasteiger partial charge in [-0.05, 0) is 36.5 Å². The highest BCUT2D eigenvalue weighted by Gasteiger charge is 2.30. The second kappa shape index (κ2) is 15.2. The number of aliphatic carboxylic acids is 2. The van der Waals surface area contributed by atoms with Crippen LogP contribution in [-0.2, 0) is 30.4 Å². The molecule has 8 N–H and O–H groups in total. The molecule has 3 amide bonds. The van der Waals surface area contributed by atoms with Crippen LogP contribution in [0.1, 0.15) is 24.8 Å². The van der Waals surface area contributed by atoms with E-state index in [0.717, 1.165) is 16.5 Å². The average molecular weight is 568 g/mol. The number of carboxylic acid groups (broad SMARTS) is 2. The van der Waals surface area contributed by atoms with Crippen molar-refractivity contribution in [2.45, 2.75) is 49.9 Å². The smallest absolute Gasteiger partial charge is 0.326 e. The van der Waals surface area contributed by atoms with Crippen molar-refractivity contribution >= 4 is 65.0 Å². The molecule has 0 saturated carbocycles. The zero-order valence-corrected chi connectivity index (χ0v) is 22.5. The molecule has 1 aromatic carbocycles. The largest absolute Gasteiger partial charge is 0.481 e. The van der Waals surface area contributed by atoms with Crippen LogP contribution in [0.4, 0.5) is 0 Å². The highest BCUT2D eigenvalue weighted by Crippen LogP contribution is 2.19. The molecule has 0 saturated heterocycles. The Morgan fingerprint density at radius 1 is 0.974 bits per heavy atom. The number of benzene rings is 1. The quantitative estimate of drug-likeness (QED) is 0.130. The summed E-state index contributed by atoms with van der Waals surface area (Å²) in [4.78, 5) is 64.4. The summed E-state index contributed by atoms with van der Waals surface area (Å²) in [7, 11) is 0. The SMILES string of the molecule is CSCCC(NC(=O)C(Cc1c[nH]c2ccccc12)NC(=O)C(N)CS)C(=O)NC(CCC(=O)O)C(=O)O. The molecular formula is C24H33N5O7S2. The lowest BCUT2D eigenvalue weighted by molar-refractivity contribution is -0.143. The Balaban J connectivity index is 2.25. The van der Waals surface area contributed by atoms with E-state index in [2.05, 4.69) is 33.6 Å². The lowest BCUT2D eigenvalue weighted by Crippen LogP contribution is -2.58. The molecule has 2 rings (SSSR count). The van der Waals surface area contributed by atoms with Gasteiger partial charge in [0, 0.05) is 35.7 Å². The number of H-pyrrole nitrogens is 1. The zero-order chi connectivity index (χ0) is 28.2. The van der Waals surface area contributed by atoms with Gasteiger partial charge < -0.3 is 36.9 Å². The fraction of sp³-hybridized carbons (Fsp3) is 0.458. The van der Waals surface area contributed by atoms with Gasteiger partial charge in [0.2, 0.25) is 17.7 Å². The number of nitrogens with two attached hydrogens (primary N) is 1. The number of fused-ring (bicyclic) bond motifs is 1. The predicted octanol–water partition coefficient (Wildman–Crippen LogP) is 0.124. The van der Waals surface area contributed by atoms with Crippen LogP contribution in [0.2, 0.25) is 0 Å². The first-order valence-electron chi connectivity index (χ1n) is 11.8. The minimum Gasteiger partial charge on any atom is -0.481 e. The van der Waals surface area contributed by atoms with Crippen LogP contribution in [0.5, 0.6) is 0 Å². The number of nitrogens with one attached hydrogen (secondary N) is 4. The van der Waals surface area contributed by atoms with Crippen LogP contribution in [-0.4, -0.2) is 86.8 Å². The van der Waals surface area contributed by atoms with Crippen molar-refractivity contribution in [2.75, 3.05) is 17.8 Å². The first kappa shape index (κ1) is 31.0. The van der Waals surface area contributed by atoms with Crippen molar-refractivity contribution in [3.63, 3.8) is 0 Å². The summed E-state index contributed by atoms with van der Waals surface area (Å²) in [5.41, 5.74) is 7.39. The molecule has 1 aromatic heterocycles.